The minimum absolute atomic E-state index is 0.0678. The molecular weight excluding hydrogens is 612 g/mol. The number of benzene rings is 3. The predicted octanol–water partition coefficient (Wildman–Crippen LogP) is 4.06. The van der Waals surface area contributed by atoms with Crippen molar-refractivity contribution in [1.29, 1.82) is 0 Å². The molecule has 5 N–H and O–H groups in total. The molecule has 0 amide bonds. The highest BCUT2D eigenvalue weighted by molar-refractivity contribution is 7.94. The van der Waals surface area contributed by atoms with Gasteiger partial charge in [-0.2, -0.15) is 17.9 Å². The summed E-state index contributed by atoms with van der Waals surface area (Å²) in [7, 11) is -8.72. The molecule has 218 valence electrons. The highest BCUT2D eigenvalue weighted by Crippen LogP contribution is 2.42. The zero-order valence-electron chi connectivity index (χ0n) is 20.3. The SMILES string of the molecule is O=S(=O)(O)c1cc2cc(SOOO)ccc2c(O)c1N=Nc1ccc(S(=O)(=O)CCNC2=CC(F)N=C(F)N2)cc1. The van der Waals surface area contributed by atoms with E-state index in [9.17, 15) is 35.3 Å². The number of rotatable bonds is 11. The second kappa shape index (κ2) is 12.4. The number of alkyl halides is 1. The summed E-state index contributed by atoms with van der Waals surface area (Å²) in [5.41, 5.74) is -0.489. The second-order valence-corrected chi connectivity index (χ2v) is 12.4. The van der Waals surface area contributed by atoms with Gasteiger partial charge in [0, 0.05) is 22.9 Å². The van der Waals surface area contributed by atoms with E-state index in [-0.39, 0.29) is 33.7 Å². The molecule has 0 fully saturated rings. The predicted molar refractivity (Wildman–Crippen MR) is 141 cm³/mol. The van der Waals surface area contributed by atoms with Crippen LogP contribution in [0.5, 0.6) is 5.75 Å². The average molecular weight is 632 g/mol. The Balaban J connectivity index is 1.52. The van der Waals surface area contributed by atoms with Gasteiger partial charge in [0.1, 0.15) is 16.4 Å². The lowest BCUT2D eigenvalue weighted by Gasteiger charge is -2.16. The normalized spacial score (nSPS) is 16.0. The zero-order valence-corrected chi connectivity index (χ0v) is 22.8. The van der Waals surface area contributed by atoms with E-state index in [0.717, 1.165) is 12.1 Å². The molecule has 1 atom stereocenters. The third kappa shape index (κ3) is 7.52. The van der Waals surface area contributed by atoms with Gasteiger partial charge in [-0.3, -0.25) is 4.55 Å². The number of nitrogens with zero attached hydrogens (tertiary/aromatic N) is 3. The van der Waals surface area contributed by atoms with Crippen LogP contribution in [0.15, 0.2) is 90.3 Å². The van der Waals surface area contributed by atoms with E-state index in [1.54, 1.807) is 0 Å². The van der Waals surface area contributed by atoms with Crippen LogP contribution in [-0.2, 0) is 29.3 Å². The molecule has 0 spiro atoms. The monoisotopic (exact) mass is 631 g/mol. The summed E-state index contributed by atoms with van der Waals surface area (Å²) in [5.74, 6) is -1.11. The number of hydrogen-bond donors (Lipinski definition) is 5. The number of hydrogen-bond acceptors (Lipinski definition) is 14. The largest absolute Gasteiger partial charge is 0.505 e. The number of aromatic hydroxyl groups is 1. The summed E-state index contributed by atoms with van der Waals surface area (Å²) < 4.78 is 89.8. The lowest BCUT2D eigenvalue weighted by Crippen LogP contribution is -2.35. The number of azo groups is 1. The van der Waals surface area contributed by atoms with Gasteiger partial charge in [0.25, 0.3) is 16.2 Å². The average Bonchev–Trinajstić information content (AvgIpc) is 2.90. The minimum Gasteiger partial charge on any atom is -0.505 e. The van der Waals surface area contributed by atoms with E-state index in [1.165, 1.54) is 42.5 Å². The first kappa shape index (κ1) is 30.2. The van der Waals surface area contributed by atoms with Crippen molar-refractivity contribution < 1.29 is 49.9 Å². The van der Waals surface area contributed by atoms with Crippen LogP contribution < -0.4 is 10.6 Å². The van der Waals surface area contributed by atoms with E-state index in [4.69, 9.17) is 5.26 Å². The maximum absolute atomic E-state index is 13.3. The van der Waals surface area contributed by atoms with Crippen LogP contribution in [0.25, 0.3) is 10.8 Å². The Hall–Kier alpha value is -3.72. The fourth-order valence-corrected chi connectivity index (χ4v) is 5.79. The van der Waals surface area contributed by atoms with Crippen molar-refractivity contribution in [2.75, 3.05) is 12.3 Å². The van der Waals surface area contributed by atoms with Gasteiger partial charge < -0.3 is 15.7 Å². The van der Waals surface area contributed by atoms with Crippen molar-refractivity contribution in [3.63, 3.8) is 0 Å². The molecule has 0 saturated heterocycles. The van der Waals surface area contributed by atoms with E-state index < -0.39 is 54.4 Å². The Morgan fingerprint density at radius 1 is 1.10 bits per heavy atom. The first-order chi connectivity index (χ1) is 19.4. The van der Waals surface area contributed by atoms with Crippen LogP contribution in [0.2, 0.25) is 0 Å². The first-order valence-corrected chi connectivity index (χ1v) is 15.0. The Bertz CT molecular complexity index is 1770. The molecule has 0 bridgehead atoms. The zero-order chi connectivity index (χ0) is 29.8. The van der Waals surface area contributed by atoms with Crippen molar-refractivity contribution in [2.45, 2.75) is 21.0 Å². The Morgan fingerprint density at radius 2 is 1.83 bits per heavy atom. The van der Waals surface area contributed by atoms with E-state index in [0.29, 0.717) is 16.9 Å². The van der Waals surface area contributed by atoms with Crippen molar-refractivity contribution in [2.24, 2.45) is 15.2 Å². The van der Waals surface area contributed by atoms with Gasteiger partial charge in [-0.25, -0.2) is 23.1 Å². The third-order valence-corrected chi connectivity index (χ3v) is 8.56. The number of fused-ring (bicyclic) bond motifs is 1. The fraction of sp³-hybridized carbons (Fsp3) is 0.136. The number of phenols is 1. The highest BCUT2D eigenvalue weighted by atomic mass is 32.2. The molecule has 1 aliphatic rings. The van der Waals surface area contributed by atoms with Gasteiger partial charge in [-0.05, 0) is 53.9 Å². The lowest BCUT2D eigenvalue weighted by molar-refractivity contribution is -0.432. The quantitative estimate of drug-likeness (QED) is 0.0507. The summed E-state index contributed by atoms with van der Waals surface area (Å²) in [6.07, 6.45) is -2.11. The van der Waals surface area contributed by atoms with Gasteiger partial charge >= 0.3 is 0 Å². The van der Waals surface area contributed by atoms with E-state index >= 15 is 0 Å². The molecule has 19 heteroatoms. The summed E-state index contributed by atoms with van der Waals surface area (Å²) in [4.78, 5) is 2.47. The Morgan fingerprint density at radius 3 is 2.49 bits per heavy atom. The maximum Gasteiger partial charge on any atom is 0.296 e. The van der Waals surface area contributed by atoms with Crippen molar-refractivity contribution in [3.05, 3.63) is 60.4 Å². The molecule has 0 radical (unpaired) electrons. The molecule has 0 saturated carbocycles. The molecule has 41 heavy (non-hydrogen) atoms. The topological polar surface area (TPSA) is 209 Å². The summed E-state index contributed by atoms with van der Waals surface area (Å²) in [5, 5.41) is 35.2. The molecule has 0 aliphatic carbocycles. The lowest BCUT2D eigenvalue weighted by atomic mass is 10.1. The van der Waals surface area contributed by atoms with Crippen LogP contribution in [-0.4, -0.2) is 56.4 Å². The first-order valence-electron chi connectivity index (χ1n) is 11.1. The maximum atomic E-state index is 13.3. The fourth-order valence-electron chi connectivity index (χ4n) is 3.57. The molecule has 3 aromatic rings. The molecule has 1 unspecified atom stereocenters. The standard InChI is InChI=1S/C22H19F2N5O9S3/c23-18-11-19(27-22(24)26-18)25-7-8-40(32,33)15-4-1-13(2-5-15)28-29-20-17(41(34,35)36)10-12-9-14(39-38-37-31)3-6-16(12)21(20)30/h1-6,9-11,18,25,30-31H,7-8H2,(H,26,27)(H,34,35,36). The van der Waals surface area contributed by atoms with Crippen LogP contribution in [0.1, 0.15) is 0 Å². The van der Waals surface area contributed by atoms with Gasteiger partial charge in [0.15, 0.2) is 15.6 Å². The van der Waals surface area contributed by atoms with Crippen LogP contribution >= 0.6 is 12.0 Å². The third-order valence-electron chi connectivity index (χ3n) is 5.39. The second-order valence-electron chi connectivity index (χ2n) is 8.09. The molecule has 1 heterocycles. The minimum atomic E-state index is -4.89. The number of halogens is 2. The molecule has 4 rings (SSSR count). The van der Waals surface area contributed by atoms with Crippen LogP contribution in [0.4, 0.5) is 20.2 Å². The molecule has 0 aromatic heterocycles. The molecular formula is C22H19F2N5O9S3. The molecule has 3 aromatic carbocycles. The van der Waals surface area contributed by atoms with Crippen LogP contribution in [0, 0.1) is 0 Å². The van der Waals surface area contributed by atoms with Crippen molar-refractivity contribution in [3.8, 4) is 5.75 Å². The van der Waals surface area contributed by atoms with Gasteiger partial charge in [0.05, 0.1) is 28.4 Å². The number of amidine groups is 1. The van der Waals surface area contributed by atoms with Crippen molar-refractivity contribution in [1.82, 2.24) is 10.6 Å². The molecule has 14 nitrogen and oxygen atoms in total. The van der Waals surface area contributed by atoms with Crippen LogP contribution in [0.3, 0.4) is 0 Å². The van der Waals surface area contributed by atoms with Gasteiger partial charge in [0.2, 0.25) is 6.30 Å². The molecule has 1 aliphatic heterocycles. The smallest absolute Gasteiger partial charge is 0.296 e. The van der Waals surface area contributed by atoms with Gasteiger partial charge in [-0.15, -0.1) is 9.45 Å². The summed E-state index contributed by atoms with van der Waals surface area (Å²) in [6.45, 7) is -0.176. The summed E-state index contributed by atoms with van der Waals surface area (Å²) >= 11 is 0.589. The number of nitrogens with one attached hydrogen (secondary N) is 2. The van der Waals surface area contributed by atoms with Gasteiger partial charge in [-0.1, -0.05) is 5.04 Å². The summed E-state index contributed by atoms with van der Waals surface area (Å²) in [6, 6.07) is 10.3. The Labute approximate surface area is 235 Å². The van der Waals surface area contributed by atoms with E-state index in [1.807, 2.05) is 0 Å². The number of phenolic OH excluding ortho intramolecular Hbond substituents is 1. The van der Waals surface area contributed by atoms with Crippen molar-refractivity contribution >= 4 is 60.2 Å². The number of sulfone groups is 1. The van der Waals surface area contributed by atoms with E-state index in [2.05, 4.69) is 35.2 Å². The highest BCUT2D eigenvalue weighted by Gasteiger charge is 2.22. The Kier molecular flexibility index (Phi) is 9.17. The number of aliphatic imine (C=N–C) groups is 1.